The lowest BCUT2D eigenvalue weighted by Gasteiger charge is -2.02. The summed E-state index contributed by atoms with van der Waals surface area (Å²) in [6, 6.07) is 13.4. The Morgan fingerprint density at radius 1 is 1.23 bits per heavy atom. The molecule has 0 spiro atoms. The molecule has 0 saturated carbocycles. The first kappa shape index (κ1) is 14.4. The van der Waals surface area contributed by atoms with Gasteiger partial charge in [0.1, 0.15) is 11.6 Å². The van der Waals surface area contributed by atoms with Gasteiger partial charge in [-0.05, 0) is 24.3 Å². The van der Waals surface area contributed by atoms with E-state index in [1.165, 1.54) is 0 Å². The van der Waals surface area contributed by atoms with E-state index < -0.39 is 0 Å². The smallest absolute Gasteiger partial charge is 0.235 e. The largest absolute Gasteiger partial charge is 0.464 e. The van der Waals surface area contributed by atoms with E-state index in [1.54, 1.807) is 10.9 Å². The van der Waals surface area contributed by atoms with E-state index in [-0.39, 0.29) is 11.8 Å². The van der Waals surface area contributed by atoms with Gasteiger partial charge in [-0.15, -0.1) is 11.6 Å². The summed E-state index contributed by atoms with van der Waals surface area (Å²) in [4.78, 5) is 11.4. The van der Waals surface area contributed by atoms with E-state index >= 15 is 0 Å². The van der Waals surface area contributed by atoms with Crippen molar-refractivity contribution in [1.29, 1.82) is 0 Å². The molecule has 2 aromatic heterocycles. The Labute approximate surface area is 132 Å². The summed E-state index contributed by atoms with van der Waals surface area (Å²) in [5.41, 5.74) is 2.49. The number of hydrogen-bond acceptors (Lipinski definition) is 3. The molecule has 3 rings (SSSR count). The zero-order valence-electron chi connectivity index (χ0n) is 11.7. The third-order valence-corrected chi connectivity index (χ3v) is 3.42. The summed E-state index contributed by atoms with van der Waals surface area (Å²) in [6.45, 7) is 0.293. The van der Waals surface area contributed by atoms with Crippen LogP contribution in [0.4, 0.5) is 0 Å². The lowest BCUT2D eigenvalue weighted by atomic mass is 10.2. The second-order valence-corrected chi connectivity index (χ2v) is 4.92. The van der Waals surface area contributed by atoms with Crippen LogP contribution in [-0.4, -0.2) is 21.6 Å². The summed E-state index contributed by atoms with van der Waals surface area (Å²) in [7, 11) is 0. The fourth-order valence-electron chi connectivity index (χ4n) is 2.12. The van der Waals surface area contributed by atoms with Crippen LogP contribution in [0.25, 0.3) is 17.0 Å². The Morgan fingerprint density at radius 3 is 2.73 bits per heavy atom. The van der Waals surface area contributed by atoms with Crippen LogP contribution in [0.15, 0.2) is 59.3 Å². The van der Waals surface area contributed by atoms with E-state index in [0.717, 1.165) is 16.9 Å². The Hall–Kier alpha value is -2.53. The first-order valence-electron chi connectivity index (χ1n) is 6.78. The van der Waals surface area contributed by atoms with Gasteiger partial charge in [0.25, 0.3) is 0 Å². The van der Waals surface area contributed by atoms with Crippen molar-refractivity contribution in [2.24, 2.45) is 0 Å². The molecule has 0 fully saturated rings. The first-order chi connectivity index (χ1) is 10.8. The minimum absolute atomic E-state index is 0.0739. The van der Waals surface area contributed by atoms with Gasteiger partial charge in [0.15, 0.2) is 0 Å². The van der Waals surface area contributed by atoms with Crippen LogP contribution in [0.1, 0.15) is 5.69 Å². The maximum absolute atomic E-state index is 11.4. The standard InChI is InChI=1S/C16H14ClN3O2/c17-9-16(21)18-10-14-13(15-7-4-8-22-15)11-20(19-14)12-5-2-1-3-6-12/h1-8,11H,9-10H2,(H,18,21). The number of alkyl halides is 1. The SMILES string of the molecule is O=C(CCl)NCc1nn(-c2ccccc2)cc1-c1ccco1. The summed E-state index contributed by atoms with van der Waals surface area (Å²) in [5, 5.41) is 7.27. The van der Waals surface area contributed by atoms with Gasteiger partial charge in [0.2, 0.25) is 5.91 Å². The first-order valence-corrected chi connectivity index (χ1v) is 7.32. The second-order valence-electron chi connectivity index (χ2n) is 4.66. The number of nitrogens with one attached hydrogen (secondary N) is 1. The molecule has 0 saturated heterocycles. The fourth-order valence-corrected chi connectivity index (χ4v) is 2.21. The Bertz CT molecular complexity index is 751. The second kappa shape index (κ2) is 6.49. The van der Waals surface area contributed by atoms with E-state index in [9.17, 15) is 4.79 Å². The number of hydrogen-bond donors (Lipinski definition) is 1. The number of benzene rings is 1. The number of halogens is 1. The molecule has 0 aliphatic heterocycles. The fraction of sp³-hybridized carbons (Fsp3) is 0.125. The summed E-state index contributed by atoms with van der Waals surface area (Å²) < 4.78 is 7.21. The van der Waals surface area contributed by atoms with E-state index in [2.05, 4.69) is 10.4 Å². The molecule has 1 aromatic carbocycles. The van der Waals surface area contributed by atoms with Crippen LogP contribution in [-0.2, 0) is 11.3 Å². The molecule has 22 heavy (non-hydrogen) atoms. The van der Waals surface area contributed by atoms with Gasteiger partial charge in [0.05, 0.1) is 29.8 Å². The monoisotopic (exact) mass is 315 g/mol. The zero-order valence-corrected chi connectivity index (χ0v) is 12.5. The van der Waals surface area contributed by atoms with Crippen molar-refractivity contribution in [1.82, 2.24) is 15.1 Å². The van der Waals surface area contributed by atoms with Crippen molar-refractivity contribution in [3.05, 3.63) is 60.6 Å². The molecule has 112 valence electrons. The van der Waals surface area contributed by atoms with Crippen molar-refractivity contribution in [2.45, 2.75) is 6.54 Å². The Morgan fingerprint density at radius 2 is 2.05 bits per heavy atom. The highest BCUT2D eigenvalue weighted by Crippen LogP contribution is 2.25. The minimum atomic E-state index is -0.235. The molecule has 0 radical (unpaired) electrons. The van der Waals surface area contributed by atoms with Gasteiger partial charge in [-0.3, -0.25) is 4.79 Å². The molecule has 0 aliphatic rings. The number of para-hydroxylation sites is 1. The molecule has 1 amide bonds. The average molecular weight is 316 g/mol. The van der Waals surface area contributed by atoms with E-state index in [1.807, 2.05) is 48.7 Å². The molecule has 0 aliphatic carbocycles. The van der Waals surface area contributed by atoms with Gasteiger partial charge in [-0.25, -0.2) is 4.68 Å². The highest BCUT2D eigenvalue weighted by Gasteiger charge is 2.14. The predicted molar refractivity (Wildman–Crippen MR) is 83.8 cm³/mol. The molecule has 0 atom stereocenters. The normalized spacial score (nSPS) is 10.6. The molecular weight excluding hydrogens is 302 g/mol. The molecule has 0 unspecified atom stereocenters. The van der Waals surface area contributed by atoms with Gasteiger partial charge in [0, 0.05) is 6.20 Å². The molecule has 2 heterocycles. The van der Waals surface area contributed by atoms with Crippen molar-refractivity contribution >= 4 is 17.5 Å². The minimum Gasteiger partial charge on any atom is -0.464 e. The number of furan rings is 1. The van der Waals surface area contributed by atoms with Gasteiger partial charge >= 0.3 is 0 Å². The Kier molecular flexibility index (Phi) is 4.25. The number of amides is 1. The maximum atomic E-state index is 11.4. The summed E-state index contributed by atoms with van der Waals surface area (Å²) >= 11 is 5.50. The number of carbonyl (C=O) groups is 1. The molecule has 1 N–H and O–H groups in total. The predicted octanol–water partition coefficient (Wildman–Crippen LogP) is 2.99. The van der Waals surface area contributed by atoms with Gasteiger partial charge in [-0.1, -0.05) is 18.2 Å². The van der Waals surface area contributed by atoms with Crippen LogP contribution < -0.4 is 5.32 Å². The number of rotatable bonds is 5. The number of aromatic nitrogens is 2. The van der Waals surface area contributed by atoms with Crippen LogP contribution in [0, 0.1) is 0 Å². The molecule has 3 aromatic rings. The van der Waals surface area contributed by atoms with Crippen LogP contribution in [0.5, 0.6) is 0 Å². The lowest BCUT2D eigenvalue weighted by molar-refractivity contribution is -0.118. The third-order valence-electron chi connectivity index (χ3n) is 3.17. The van der Waals surface area contributed by atoms with E-state index in [4.69, 9.17) is 16.0 Å². The zero-order chi connectivity index (χ0) is 15.4. The summed E-state index contributed by atoms with van der Waals surface area (Å²) in [5.74, 6) is 0.397. The van der Waals surface area contributed by atoms with Gasteiger partial charge < -0.3 is 9.73 Å². The molecule has 6 heteroatoms. The highest BCUT2D eigenvalue weighted by molar-refractivity contribution is 6.27. The number of carbonyl (C=O) groups excluding carboxylic acids is 1. The average Bonchev–Trinajstić information content (AvgIpc) is 3.22. The van der Waals surface area contributed by atoms with Crippen LogP contribution in [0.2, 0.25) is 0 Å². The van der Waals surface area contributed by atoms with Crippen molar-refractivity contribution < 1.29 is 9.21 Å². The molecule has 0 bridgehead atoms. The number of nitrogens with zero attached hydrogens (tertiary/aromatic N) is 2. The molecular formula is C16H14ClN3O2. The van der Waals surface area contributed by atoms with Crippen molar-refractivity contribution in [2.75, 3.05) is 5.88 Å². The molecule has 5 nitrogen and oxygen atoms in total. The van der Waals surface area contributed by atoms with Crippen molar-refractivity contribution in [3.8, 4) is 17.0 Å². The lowest BCUT2D eigenvalue weighted by Crippen LogP contribution is -2.24. The van der Waals surface area contributed by atoms with Crippen LogP contribution in [0.3, 0.4) is 0 Å². The highest BCUT2D eigenvalue weighted by atomic mass is 35.5. The van der Waals surface area contributed by atoms with E-state index in [0.29, 0.717) is 12.3 Å². The quantitative estimate of drug-likeness (QED) is 0.736. The third kappa shape index (κ3) is 3.04. The van der Waals surface area contributed by atoms with Crippen LogP contribution >= 0.6 is 11.6 Å². The maximum Gasteiger partial charge on any atom is 0.235 e. The van der Waals surface area contributed by atoms with Crippen molar-refractivity contribution in [3.63, 3.8) is 0 Å². The topological polar surface area (TPSA) is 60.1 Å². The summed E-state index contributed by atoms with van der Waals surface area (Å²) in [6.07, 6.45) is 3.49. The van der Waals surface area contributed by atoms with Gasteiger partial charge in [-0.2, -0.15) is 5.10 Å². The Balaban J connectivity index is 1.96.